The van der Waals surface area contributed by atoms with Crippen LogP contribution in [0.15, 0.2) is 42.7 Å². The van der Waals surface area contributed by atoms with E-state index in [2.05, 4.69) is 15.4 Å². The number of aromatic nitrogens is 4. The molecule has 0 radical (unpaired) electrons. The first-order valence-corrected chi connectivity index (χ1v) is 11.3. The van der Waals surface area contributed by atoms with E-state index in [1.165, 1.54) is 23.0 Å². The molecule has 3 aromatic heterocycles. The first kappa shape index (κ1) is 21.2. The number of rotatable bonds is 4. The highest BCUT2D eigenvalue weighted by Crippen LogP contribution is 2.47. The summed E-state index contributed by atoms with van der Waals surface area (Å²) in [6.07, 6.45) is 4.93. The molecule has 0 bridgehead atoms. The van der Waals surface area contributed by atoms with Crippen LogP contribution in [0.25, 0.3) is 28.0 Å². The Kier molecular flexibility index (Phi) is 4.76. The van der Waals surface area contributed by atoms with Gasteiger partial charge in [-0.25, -0.2) is 9.37 Å². The summed E-state index contributed by atoms with van der Waals surface area (Å²) in [4.78, 5) is 17.3. The number of halogens is 3. The molecular weight excluding hydrogens is 464 g/mol. The SMILES string of the molecule is Cn1cc(-c2cccc(F)c2-c2nc3cc(C(=O)NC4CC5(COC5)C4)ccn3c2Cl)c(F)n1. The molecule has 2 fully saturated rings. The Balaban J connectivity index is 1.35. The van der Waals surface area contributed by atoms with E-state index in [1.807, 2.05) is 0 Å². The van der Waals surface area contributed by atoms with Crippen molar-refractivity contribution in [2.45, 2.75) is 18.9 Å². The van der Waals surface area contributed by atoms with Crippen LogP contribution in [-0.4, -0.2) is 44.3 Å². The van der Waals surface area contributed by atoms with Crippen LogP contribution in [0, 0.1) is 17.2 Å². The highest BCUT2D eigenvalue weighted by molar-refractivity contribution is 6.32. The summed E-state index contributed by atoms with van der Waals surface area (Å²) in [5, 5.41) is 6.92. The Morgan fingerprint density at radius 1 is 1.24 bits per heavy atom. The average molecular weight is 484 g/mol. The zero-order valence-corrected chi connectivity index (χ0v) is 18.9. The van der Waals surface area contributed by atoms with Gasteiger partial charge in [-0.3, -0.25) is 13.9 Å². The minimum atomic E-state index is -0.723. The number of carbonyl (C=O) groups excluding carboxylic acids is 1. The number of hydrogen-bond donors (Lipinski definition) is 1. The van der Waals surface area contributed by atoms with Crippen molar-refractivity contribution in [1.82, 2.24) is 24.5 Å². The van der Waals surface area contributed by atoms with E-state index in [-0.39, 0.29) is 44.9 Å². The average Bonchev–Trinajstić information content (AvgIpc) is 3.26. The molecule has 4 aromatic rings. The van der Waals surface area contributed by atoms with Gasteiger partial charge in [0.15, 0.2) is 0 Å². The summed E-state index contributed by atoms with van der Waals surface area (Å²) >= 11 is 6.58. The van der Waals surface area contributed by atoms with Crippen molar-refractivity contribution in [2.24, 2.45) is 12.5 Å². The normalized spacial score (nSPS) is 17.1. The van der Waals surface area contributed by atoms with Crippen LogP contribution in [0.5, 0.6) is 0 Å². The van der Waals surface area contributed by atoms with E-state index in [1.54, 1.807) is 35.8 Å². The number of imidazole rings is 1. The second-order valence-electron chi connectivity index (χ2n) is 9.14. The van der Waals surface area contributed by atoms with E-state index in [9.17, 15) is 9.18 Å². The van der Waals surface area contributed by atoms with Gasteiger partial charge in [0.2, 0.25) is 5.95 Å². The molecule has 1 aliphatic carbocycles. The zero-order chi connectivity index (χ0) is 23.6. The maximum Gasteiger partial charge on any atom is 0.251 e. The van der Waals surface area contributed by atoms with Crippen molar-refractivity contribution in [3.63, 3.8) is 0 Å². The van der Waals surface area contributed by atoms with Crippen molar-refractivity contribution in [3.8, 4) is 22.4 Å². The van der Waals surface area contributed by atoms with Gasteiger partial charge in [-0.15, -0.1) is 5.10 Å². The summed E-state index contributed by atoms with van der Waals surface area (Å²) in [5.41, 5.74) is 1.70. The van der Waals surface area contributed by atoms with Gasteiger partial charge in [0, 0.05) is 47.6 Å². The summed E-state index contributed by atoms with van der Waals surface area (Å²) in [5.74, 6) is -1.52. The molecule has 1 aromatic carbocycles. The van der Waals surface area contributed by atoms with Crippen molar-refractivity contribution < 1.29 is 18.3 Å². The molecule has 1 amide bonds. The third-order valence-electron chi connectivity index (χ3n) is 6.66. The minimum Gasteiger partial charge on any atom is -0.380 e. The number of hydrogen-bond acceptors (Lipinski definition) is 4. The molecule has 1 saturated carbocycles. The van der Waals surface area contributed by atoms with Crippen LogP contribution >= 0.6 is 11.6 Å². The number of pyridine rings is 1. The predicted octanol–water partition coefficient (Wildman–Crippen LogP) is 4.24. The summed E-state index contributed by atoms with van der Waals surface area (Å²) in [6, 6.07) is 7.73. The topological polar surface area (TPSA) is 73.5 Å². The molecule has 1 saturated heterocycles. The van der Waals surface area contributed by atoms with E-state index < -0.39 is 11.8 Å². The maximum absolute atomic E-state index is 15.0. The molecule has 10 heteroatoms. The smallest absolute Gasteiger partial charge is 0.251 e. The number of nitrogens with zero attached hydrogens (tertiary/aromatic N) is 4. The van der Waals surface area contributed by atoms with Gasteiger partial charge < -0.3 is 10.1 Å². The van der Waals surface area contributed by atoms with Gasteiger partial charge >= 0.3 is 0 Å². The molecular formula is C24H20ClF2N5O2. The number of aryl methyl sites for hydroxylation is 1. The fourth-order valence-corrected chi connectivity index (χ4v) is 5.21. The van der Waals surface area contributed by atoms with Crippen LogP contribution in [0.3, 0.4) is 0 Å². The van der Waals surface area contributed by atoms with E-state index in [0.29, 0.717) is 11.2 Å². The largest absolute Gasteiger partial charge is 0.380 e. The van der Waals surface area contributed by atoms with Crippen LogP contribution in [0.4, 0.5) is 8.78 Å². The predicted molar refractivity (Wildman–Crippen MR) is 121 cm³/mol. The van der Waals surface area contributed by atoms with Gasteiger partial charge in [0.05, 0.1) is 18.8 Å². The van der Waals surface area contributed by atoms with Gasteiger partial charge in [0.25, 0.3) is 5.91 Å². The fraction of sp³-hybridized carbons (Fsp3) is 0.292. The number of nitrogens with one attached hydrogen (secondary N) is 1. The third kappa shape index (κ3) is 3.30. The summed E-state index contributed by atoms with van der Waals surface area (Å²) in [6.45, 7) is 1.53. The first-order chi connectivity index (χ1) is 16.3. The second-order valence-corrected chi connectivity index (χ2v) is 9.49. The van der Waals surface area contributed by atoms with E-state index >= 15 is 4.39 Å². The van der Waals surface area contributed by atoms with Crippen LogP contribution < -0.4 is 5.32 Å². The number of fused-ring (bicyclic) bond motifs is 1. The molecule has 1 aliphatic heterocycles. The highest BCUT2D eigenvalue weighted by Gasteiger charge is 2.50. The quantitative estimate of drug-likeness (QED) is 0.471. The third-order valence-corrected chi connectivity index (χ3v) is 7.03. The number of carbonyl (C=O) groups is 1. The van der Waals surface area contributed by atoms with Crippen LogP contribution in [0.1, 0.15) is 23.2 Å². The molecule has 34 heavy (non-hydrogen) atoms. The van der Waals surface area contributed by atoms with Crippen molar-refractivity contribution in [3.05, 3.63) is 65.2 Å². The fourth-order valence-electron chi connectivity index (χ4n) is 4.93. The number of ether oxygens (including phenoxy) is 1. The monoisotopic (exact) mass is 483 g/mol. The molecule has 174 valence electrons. The molecule has 6 rings (SSSR count). The standard InChI is InChI=1S/C24H20ClF2N5O2/c1-31-10-16(22(27)30-31)15-3-2-4-17(26)19(15)20-21(25)32-6-5-13(7-18(32)29-20)23(33)28-14-8-24(9-14)11-34-12-24/h2-7,10,14H,8-9,11-12H2,1H3,(H,28,33). The van der Waals surface area contributed by atoms with Gasteiger partial charge in [-0.1, -0.05) is 23.7 Å². The molecule has 2 aliphatic rings. The van der Waals surface area contributed by atoms with E-state index in [4.69, 9.17) is 16.3 Å². The summed E-state index contributed by atoms with van der Waals surface area (Å²) < 4.78 is 37.6. The van der Waals surface area contributed by atoms with Crippen LogP contribution in [-0.2, 0) is 11.8 Å². The van der Waals surface area contributed by atoms with E-state index in [0.717, 1.165) is 26.1 Å². The van der Waals surface area contributed by atoms with Crippen molar-refractivity contribution in [2.75, 3.05) is 13.2 Å². The Labute approximate surface area is 198 Å². The lowest BCUT2D eigenvalue weighted by Gasteiger charge is -2.53. The Bertz CT molecular complexity index is 1450. The van der Waals surface area contributed by atoms with Crippen molar-refractivity contribution in [1.29, 1.82) is 0 Å². The van der Waals surface area contributed by atoms with Gasteiger partial charge in [-0.05, 0) is 31.0 Å². The van der Waals surface area contributed by atoms with Crippen molar-refractivity contribution >= 4 is 23.2 Å². The highest BCUT2D eigenvalue weighted by atomic mass is 35.5. The number of benzene rings is 1. The Morgan fingerprint density at radius 2 is 2.03 bits per heavy atom. The molecule has 1 spiro atoms. The summed E-state index contributed by atoms with van der Waals surface area (Å²) in [7, 11) is 1.58. The first-order valence-electron chi connectivity index (χ1n) is 10.9. The minimum absolute atomic E-state index is 0.0663. The van der Waals surface area contributed by atoms with Gasteiger partial charge in [-0.2, -0.15) is 4.39 Å². The lowest BCUT2D eigenvalue weighted by molar-refractivity contribution is -0.165. The molecule has 1 N–H and O–H groups in total. The molecule has 0 unspecified atom stereocenters. The molecule has 4 heterocycles. The lowest BCUT2D eigenvalue weighted by Crippen LogP contribution is -2.59. The van der Waals surface area contributed by atoms with Crippen LogP contribution in [0.2, 0.25) is 5.15 Å². The second kappa shape index (κ2) is 7.61. The number of amides is 1. The maximum atomic E-state index is 15.0. The zero-order valence-electron chi connectivity index (χ0n) is 18.2. The lowest BCUT2D eigenvalue weighted by atomic mass is 9.64. The Morgan fingerprint density at radius 3 is 2.71 bits per heavy atom. The molecule has 0 atom stereocenters. The van der Waals surface area contributed by atoms with Gasteiger partial charge in [0.1, 0.15) is 22.3 Å². The molecule has 7 nitrogen and oxygen atoms in total. The Hall–Kier alpha value is -3.30.